The molecule has 0 bridgehead atoms. The quantitative estimate of drug-likeness (QED) is 0.876. The molecule has 0 aromatic carbocycles. The van der Waals surface area contributed by atoms with Gasteiger partial charge >= 0.3 is 0 Å². The Balaban J connectivity index is 1.61. The number of fused-ring (bicyclic) bond motifs is 1. The Labute approximate surface area is 141 Å². The van der Waals surface area contributed by atoms with Gasteiger partial charge in [0.15, 0.2) is 0 Å². The van der Waals surface area contributed by atoms with Crippen LogP contribution in [0.1, 0.15) is 44.7 Å². The number of rotatable bonds is 6. The lowest BCUT2D eigenvalue weighted by Gasteiger charge is -2.54. The van der Waals surface area contributed by atoms with Crippen molar-refractivity contribution >= 4 is 11.6 Å². The second kappa shape index (κ2) is 6.29. The minimum absolute atomic E-state index is 0.271. The van der Waals surface area contributed by atoms with Gasteiger partial charge in [-0.15, -0.1) is 0 Å². The van der Waals surface area contributed by atoms with Crippen molar-refractivity contribution in [1.82, 2.24) is 19.6 Å². The third-order valence-electron chi connectivity index (χ3n) is 5.61. The van der Waals surface area contributed by atoms with Gasteiger partial charge in [-0.1, -0.05) is 12.8 Å². The van der Waals surface area contributed by atoms with Crippen LogP contribution in [0.2, 0.25) is 0 Å². The van der Waals surface area contributed by atoms with Gasteiger partial charge < -0.3 is 14.8 Å². The van der Waals surface area contributed by atoms with Crippen LogP contribution in [0.3, 0.4) is 0 Å². The average Bonchev–Trinajstić information content (AvgIpc) is 3.24. The monoisotopic (exact) mass is 331 g/mol. The Kier molecular flexibility index (Phi) is 4.14. The lowest BCUT2D eigenvalue weighted by Crippen LogP contribution is -2.60. The van der Waals surface area contributed by atoms with Crippen LogP contribution in [0.25, 0.3) is 5.78 Å². The molecule has 0 aliphatic heterocycles. The van der Waals surface area contributed by atoms with Gasteiger partial charge in [0.2, 0.25) is 0 Å². The Morgan fingerprint density at radius 1 is 1.38 bits per heavy atom. The molecule has 0 saturated heterocycles. The third kappa shape index (κ3) is 2.46. The van der Waals surface area contributed by atoms with Crippen molar-refractivity contribution in [1.29, 1.82) is 0 Å². The van der Waals surface area contributed by atoms with E-state index in [1.165, 1.54) is 25.7 Å². The van der Waals surface area contributed by atoms with Gasteiger partial charge in [-0.2, -0.15) is 14.6 Å². The van der Waals surface area contributed by atoms with Gasteiger partial charge in [-0.3, -0.25) is 0 Å². The van der Waals surface area contributed by atoms with Gasteiger partial charge in [0, 0.05) is 31.2 Å². The van der Waals surface area contributed by atoms with E-state index in [-0.39, 0.29) is 5.41 Å². The van der Waals surface area contributed by atoms with Gasteiger partial charge in [0.25, 0.3) is 5.78 Å². The van der Waals surface area contributed by atoms with E-state index in [1.807, 2.05) is 6.07 Å². The molecule has 2 aromatic heterocycles. The van der Waals surface area contributed by atoms with Crippen molar-refractivity contribution in [3.05, 3.63) is 18.1 Å². The molecule has 2 aliphatic carbocycles. The first-order valence-corrected chi connectivity index (χ1v) is 8.83. The molecule has 1 N–H and O–H groups in total. The molecule has 0 radical (unpaired) electrons. The summed E-state index contributed by atoms with van der Waals surface area (Å²) < 4.78 is 13.0. The second-order valence-electron chi connectivity index (χ2n) is 6.85. The third-order valence-corrected chi connectivity index (χ3v) is 5.61. The first-order chi connectivity index (χ1) is 11.8. The molecule has 0 unspecified atom stereocenters. The number of nitrogens with zero attached hydrogens (tertiary/aromatic N) is 4. The molecule has 4 rings (SSSR count). The lowest BCUT2D eigenvalue weighted by molar-refractivity contribution is -0.114. The molecule has 2 heterocycles. The molecule has 2 saturated carbocycles. The van der Waals surface area contributed by atoms with Crippen molar-refractivity contribution in [2.24, 2.45) is 5.41 Å². The summed E-state index contributed by atoms with van der Waals surface area (Å²) in [4.78, 5) is 8.70. The zero-order valence-electron chi connectivity index (χ0n) is 14.4. The second-order valence-corrected chi connectivity index (χ2v) is 6.85. The molecule has 2 aliphatic rings. The first kappa shape index (κ1) is 15.8. The molecular weight excluding hydrogens is 306 g/mol. The number of hydrogen-bond donors (Lipinski definition) is 1. The topological polar surface area (TPSA) is 73.6 Å². The Morgan fingerprint density at radius 2 is 2.21 bits per heavy atom. The number of nitrogens with one attached hydrogen (secondary N) is 1. The van der Waals surface area contributed by atoms with E-state index in [4.69, 9.17) is 9.47 Å². The Bertz CT molecular complexity index is 710. The van der Waals surface area contributed by atoms with Crippen LogP contribution in [0, 0.1) is 5.41 Å². The number of methoxy groups -OCH3 is 1. The fourth-order valence-electron chi connectivity index (χ4n) is 4.45. The van der Waals surface area contributed by atoms with E-state index in [1.54, 1.807) is 18.0 Å². The SMILES string of the molecule is CCO[C@H]1C[C@@H](Nc2cc(COC)nc3ncnn23)C12CCCC2. The van der Waals surface area contributed by atoms with Crippen LogP contribution in [0.5, 0.6) is 0 Å². The van der Waals surface area contributed by atoms with E-state index in [2.05, 4.69) is 27.3 Å². The molecular formula is C17H25N5O2. The van der Waals surface area contributed by atoms with Crippen LogP contribution in [-0.4, -0.2) is 45.4 Å². The zero-order chi connectivity index (χ0) is 16.6. The Morgan fingerprint density at radius 3 is 2.96 bits per heavy atom. The predicted molar refractivity (Wildman–Crippen MR) is 89.8 cm³/mol. The first-order valence-electron chi connectivity index (χ1n) is 8.83. The van der Waals surface area contributed by atoms with Crippen LogP contribution in [0.15, 0.2) is 12.4 Å². The standard InChI is InChI=1S/C17H25N5O2/c1-3-24-14-9-13(17(14)6-4-5-7-17)21-15-8-12(10-23-2)20-16-18-11-19-22(15)16/h8,11,13-14,21H,3-7,9-10H2,1-2H3/t13-,14+/m1/s1. The fourth-order valence-corrected chi connectivity index (χ4v) is 4.45. The number of aromatic nitrogens is 4. The summed E-state index contributed by atoms with van der Waals surface area (Å²) in [5, 5.41) is 8.02. The summed E-state index contributed by atoms with van der Waals surface area (Å²) in [6.07, 6.45) is 8.05. The maximum atomic E-state index is 6.01. The smallest absolute Gasteiger partial charge is 0.254 e. The van der Waals surface area contributed by atoms with E-state index in [0.717, 1.165) is 24.5 Å². The van der Waals surface area contributed by atoms with Crippen LogP contribution in [-0.2, 0) is 16.1 Å². The molecule has 24 heavy (non-hydrogen) atoms. The van der Waals surface area contributed by atoms with E-state index < -0.39 is 0 Å². The van der Waals surface area contributed by atoms with Gasteiger partial charge in [0.1, 0.15) is 12.1 Å². The highest BCUT2D eigenvalue weighted by atomic mass is 16.5. The molecule has 7 heteroatoms. The summed E-state index contributed by atoms with van der Waals surface area (Å²) in [7, 11) is 1.68. The maximum Gasteiger partial charge on any atom is 0.254 e. The number of ether oxygens (including phenoxy) is 2. The molecule has 2 atom stereocenters. The van der Waals surface area contributed by atoms with Crippen molar-refractivity contribution in [2.45, 2.75) is 57.8 Å². The van der Waals surface area contributed by atoms with Crippen LogP contribution < -0.4 is 5.32 Å². The predicted octanol–water partition coefficient (Wildman–Crippen LogP) is 2.42. The molecule has 0 amide bonds. The van der Waals surface area contributed by atoms with Crippen molar-refractivity contribution < 1.29 is 9.47 Å². The summed E-state index contributed by atoms with van der Waals surface area (Å²) in [5.41, 5.74) is 1.13. The summed E-state index contributed by atoms with van der Waals surface area (Å²) in [5.74, 6) is 1.55. The highest BCUT2D eigenvalue weighted by molar-refractivity contribution is 5.47. The summed E-state index contributed by atoms with van der Waals surface area (Å²) >= 11 is 0. The molecule has 1 spiro atoms. The summed E-state index contributed by atoms with van der Waals surface area (Å²) in [6.45, 7) is 3.34. The van der Waals surface area contributed by atoms with Gasteiger partial charge in [-0.25, -0.2) is 4.98 Å². The number of anilines is 1. The van der Waals surface area contributed by atoms with Crippen LogP contribution in [0.4, 0.5) is 5.82 Å². The van der Waals surface area contributed by atoms with Crippen molar-refractivity contribution in [3.8, 4) is 0 Å². The van der Waals surface area contributed by atoms with E-state index in [0.29, 0.717) is 24.5 Å². The minimum atomic E-state index is 0.271. The minimum Gasteiger partial charge on any atom is -0.378 e. The maximum absolute atomic E-state index is 6.01. The zero-order valence-corrected chi connectivity index (χ0v) is 14.4. The highest BCUT2D eigenvalue weighted by Gasteiger charge is 2.56. The van der Waals surface area contributed by atoms with Gasteiger partial charge in [-0.05, 0) is 26.2 Å². The Hall–Kier alpha value is -1.73. The summed E-state index contributed by atoms with van der Waals surface area (Å²) in [6, 6.07) is 2.43. The molecule has 2 aromatic rings. The van der Waals surface area contributed by atoms with Crippen molar-refractivity contribution in [3.63, 3.8) is 0 Å². The lowest BCUT2D eigenvalue weighted by atomic mass is 9.60. The number of hydrogen-bond acceptors (Lipinski definition) is 6. The van der Waals surface area contributed by atoms with Gasteiger partial charge in [0.05, 0.1) is 18.4 Å². The molecule has 2 fully saturated rings. The molecule has 7 nitrogen and oxygen atoms in total. The van der Waals surface area contributed by atoms with Crippen LogP contribution >= 0.6 is 0 Å². The van der Waals surface area contributed by atoms with Crippen molar-refractivity contribution in [2.75, 3.05) is 19.0 Å². The largest absolute Gasteiger partial charge is 0.378 e. The fraction of sp³-hybridized carbons (Fsp3) is 0.706. The average molecular weight is 331 g/mol. The highest BCUT2D eigenvalue weighted by Crippen LogP contribution is 2.55. The van der Waals surface area contributed by atoms with E-state index >= 15 is 0 Å². The van der Waals surface area contributed by atoms with E-state index in [9.17, 15) is 0 Å². The molecule has 130 valence electrons. The normalized spacial score (nSPS) is 25.2.